The fourth-order valence-corrected chi connectivity index (χ4v) is 3.66. The van der Waals surface area contributed by atoms with Gasteiger partial charge in [-0.05, 0) is 47.7 Å². The highest BCUT2D eigenvalue weighted by Crippen LogP contribution is 2.40. The summed E-state index contributed by atoms with van der Waals surface area (Å²) in [6.07, 6.45) is 1.05. The number of nitrogens with zero attached hydrogens (tertiary/aromatic N) is 1. The second-order valence-electron chi connectivity index (χ2n) is 6.24. The van der Waals surface area contributed by atoms with Gasteiger partial charge in [0.25, 0.3) is 5.69 Å². The first-order valence-corrected chi connectivity index (χ1v) is 8.09. The van der Waals surface area contributed by atoms with Crippen LogP contribution < -0.4 is 5.32 Å². The van der Waals surface area contributed by atoms with E-state index in [1.807, 2.05) is 30.3 Å². The zero-order chi connectivity index (χ0) is 16.1. The molecule has 2 aliphatic rings. The summed E-state index contributed by atoms with van der Waals surface area (Å²) in [6, 6.07) is 9.78. The third kappa shape index (κ3) is 2.30. The van der Waals surface area contributed by atoms with Crippen LogP contribution in [0.5, 0.6) is 0 Å². The van der Waals surface area contributed by atoms with E-state index in [1.165, 1.54) is 5.56 Å². The lowest BCUT2D eigenvalue weighted by Crippen LogP contribution is -2.33. The Bertz CT molecular complexity index is 843. The zero-order valence-electron chi connectivity index (χ0n) is 12.7. The van der Waals surface area contributed by atoms with Crippen molar-refractivity contribution in [3.63, 3.8) is 0 Å². The Balaban J connectivity index is 1.97. The molecule has 116 valence electrons. The van der Waals surface area contributed by atoms with Gasteiger partial charge in [-0.25, -0.2) is 4.79 Å². The monoisotopic (exact) mass is 327 g/mol. The fourth-order valence-electron chi connectivity index (χ4n) is 3.54. The van der Waals surface area contributed by atoms with Crippen LogP contribution in [0.3, 0.4) is 0 Å². The summed E-state index contributed by atoms with van der Waals surface area (Å²) < 4.78 is 0.543. The molecule has 0 fully saturated rings. The number of carbonyl (C=O) groups excluding carboxylic acids is 1. The maximum Gasteiger partial charge on any atom is 0.444 e. The number of halogens is 1. The molecule has 1 amide bonds. The largest absolute Gasteiger partial charge is 0.444 e. The van der Waals surface area contributed by atoms with Crippen LogP contribution in [0.2, 0.25) is 5.02 Å². The molecule has 1 unspecified atom stereocenters. The van der Waals surface area contributed by atoms with Crippen LogP contribution in [-0.2, 0) is 24.2 Å². The van der Waals surface area contributed by atoms with Gasteiger partial charge in [0, 0.05) is 34.1 Å². The van der Waals surface area contributed by atoms with E-state index in [0.717, 1.165) is 35.2 Å². The summed E-state index contributed by atoms with van der Waals surface area (Å²) in [7, 11) is 0. The summed E-state index contributed by atoms with van der Waals surface area (Å²) in [5.41, 5.74) is 5.78. The number of hydrogen-bond donors (Lipinski definition) is 1. The Hall–Kier alpha value is -2.04. The Morgan fingerprint density at radius 2 is 1.91 bits per heavy atom. The number of nitroso groups, excluding NO2 is 1. The van der Waals surface area contributed by atoms with Crippen LogP contribution in [0.25, 0.3) is 11.1 Å². The number of amides is 1. The fraction of sp³-hybridized carbons (Fsp3) is 0.278. The first kappa shape index (κ1) is 14.5. The standard InChI is InChI=1S/C18H16ClN2O2/c1-10-6-14-15-8-18(22)21(23)17(15)7-13(16(14)9-20-10)11-2-4-12(19)5-3-11/h2-5,7,10,20H,6,8-9H2,1H3/q+1. The van der Waals surface area contributed by atoms with Gasteiger partial charge in [0.1, 0.15) is 11.2 Å². The van der Waals surface area contributed by atoms with Gasteiger partial charge in [0.05, 0.1) is 0 Å². The molecule has 2 aromatic carbocycles. The van der Waals surface area contributed by atoms with Crippen LogP contribution >= 0.6 is 11.6 Å². The molecule has 0 bridgehead atoms. The summed E-state index contributed by atoms with van der Waals surface area (Å²) in [4.78, 5) is 24.0. The van der Waals surface area contributed by atoms with Crippen LogP contribution in [0.15, 0.2) is 30.3 Å². The molecule has 1 N–H and O–H groups in total. The lowest BCUT2D eigenvalue weighted by molar-refractivity contribution is -0.379. The van der Waals surface area contributed by atoms with Crippen molar-refractivity contribution in [3.8, 4) is 11.1 Å². The van der Waals surface area contributed by atoms with E-state index in [4.69, 9.17) is 11.6 Å². The molecular weight excluding hydrogens is 312 g/mol. The Kier molecular flexibility index (Phi) is 3.32. The first-order valence-electron chi connectivity index (χ1n) is 7.71. The number of rotatable bonds is 1. The molecule has 0 spiro atoms. The molecule has 4 rings (SSSR count). The molecule has 0 saturated carbocycles. The van der Waals surface area contributed by atoms with Gasteiger partial charge in [-0.3, -0.25) is 0 Å². The third-order valence-electron chi connectivity index (χ3n) is 4.71. The van der Waals surface area contributed by atoms with Gasteiger partial charge >= 0.3 is 5.91 Å². The first-order chi connectivity index (χ1) is 11.0. The molecule has 2 heterocycles. The van der Waals surface area contributed by atoms with E-state index in [0.29, 0.717) is 21.5 Å². The zero-order valence-corrected chi connectivity index (χ0v) is 13.5. The molecule has 2 aliphatic heterocycles. The maximum absolute atomic E-state index is 12.1. The van der Waals surface area contributed by atoms with E-state index in [1.54, 1.807) is 0 Å². The van der Waals surface area contributed by atoms with Gasteiger partial charge in [-0.1, -0.05) is 23.7 Å². The van der Waals surface area contributed by atoms with E-state index in [9.17, 15) is 9.70 Å². The van der Waals surface area contributed by atoms with E-state index in [-0.39, 0.29) is 12.3 Å². The minimum atomic E-state index is -0.373. The molecule has 0 aliphatic carbocycles. The second-order valence-corrected chi connectivity index (χ2v) is 6.67. The summed E-state index contributed by atoms with van der Waals surface area (Å²) >= 11 is 5.98. The van der Waals surface area contributed by atoms with Crippen molar-refractivity contribution in [3.05, 3.63) is 57.0 Å². The quantitative estimate of drug-likeness (QED) is 0.815. The van der Waals surface area contributed by atoms with Crippen molar-refractivity contribution in [2.75, 3.05) is 0 Å². The average molecular weight is 328 g/mol. The number of carbonyl (C=O) groups is 1. The number of hydrogen-bond acceptors (Lipinski definition) is 3. The van der Waals surface area contributed by atoms with Crippen molar-refractivity contribution < 1.29 is 9.55 Å². The van der Waals surface area contributed by atoms with Crippen molar-refractivity contribution in [2.45, 2.75) is 32.4 Å². The minimum Gasteiger partial charge on any atom is -0.310 e. The highest BCUT2D eigenvalue weighted by molar-refractivity contribution is 6.30. The molecular formula is C18H16ClN2O2+. The third-order valence-corrected chi connectivity index (χ3v) is 4.96. The van der Waals surface area contributed by atoms with E-state index >= 15 is 0 Å². The lowest BCUT2D eigenvalue weighted by Gasteiger charge is -2.26. The topological polar surface area (TPSA) is 49.2 Å². The predicted molar refractivity (Wildman–Crippen MR) is 88.9 cm³/mol. The van der Waals surface area contributed by atoms with Crippen molar-refractivity contribution in [1.82, 2.24) is 5.32 Å². The lowest BCUT2D eigenvalue weighted by atomic mass is 9.85. The molecule has 23 heavy (non-hydrogen) atoms. The Labute approximate surface area is 139 Å². The van der Waals surface area contributed by atoms with Crippen LogP contribution in [0.1, 0.15) is 23.6 Å². The van der Waals surface area contributed by atoms with Crippen LogP contribution in [-0.4, -0.2) is 16.7 Å². The highest BCUT2D eigenvalue weighted by Gasteiger charge is 2.42. The summed E-state index contributed by atoms with van der Waals surface area (Å²) in [5.74, 6) is -0.373. The van der Waals surface area contributed by atoms with Gasteiger partial charge in [0.2, 0.25) is 0 Å². The SMILES string of the molecule is CC1Cc2c(c(-c3ccc(Cl)cc3)cc3c2CC(=O)[N+]3=O)CN1. The van der Waals surface area contributed by atoms with Gasteiger partial charge < -0.3 is 5.32 Å². The summed E-state index contributed by atoms with van der Waals surface area (Å²) in [6.45, 7) is 2.87. The molecule has 0 radical (unpaired) electrons. The molecule has 0 saturated heterocycles. The second kappa shape index (κ2) is 5.25. The smallest absolute Gasteiger partial charge is 0.310 e. The Morgan fingerprint density at radius 3 is 2.65 bits per heavy atom. The van der Waals surface area contributed by atoms with Crippen LogP contribution in [0, 0.1) is 4.91 Å². The molecule has 2 aromatic rings. The molecule has 0 aromatic heterocycles. The normalized spacial score (nSPS) is 19.7. The van der Waals surface area contributed by atoms with Gasteiger partial charge in [0.15, 0.2) is 0 Å². The molecule has 1 atom stereocenters. The summed E-state index contributed by atoms with van der Waals surface area (Å²) in [5, 5.41) is 4.15. The van der Waals surface area contributed by atoms with E-state index < -0.39 is 0 Å². The Morgan fingerprint density at radius 1 is 1.17 bits per heavy atom. The number of fused-ring (bicyclic) bond motifs is 3. The maximum atomic E-state index is 12.1. The van der Waals surface area contributed by atoms with Crippen molar-refractivity contribution in [1.29, 1.82) is 0 Å². The van der Waals surface area contributed by atoms with Gasteiger partial charge in [-0.2, -0.15) is 0 Å². The number of benzene rings is 2. The molecule has 4 nitrogen and oxygen atoms in total. The number of nitrogens with one attached hydrogen (secondary N) is 1. The van der Waals surface area contributed by atoms with E-state index in [2.05, 4.69) is 12.2 Å². The average Bonchev–Trinajstić information content (AvgIpc) is 2.83. The van der Waals surface area contributed by atoms with Crippen LogP contribution in [0.4, 0.5) is 5.69 Å². The minimum absolute atomic E-state index is 0.217. The highest BCUT2D eigenvalue weighted by atomic mass is 35.5. The van der Waals surface area contributed by atoms with Gasteiger partial charge in [-0.15, -0.1) is 0 Å². The predicted octanol–water partition coefficient (Wildman–Crippen LogP) is 3.53. The van der Waals surface area contributed by atoms with Crippen molar-refractivity contribution in [2.24, 2.45) is 0 Å². The van der Waals surface area contributed by atoms with Crippen molar-refractivity contribution >= 4 is 23.2 Å². The molecule has 5 heteroatoms.